The maximum Gasteiger partial charge on any atom is 0.214 e. The van der Waals surface area contributed by atoms with Crippen LogP contribution in [-0.4, -0.2) is 21.5 Å². The van der Waals surface area contributed by atoms with Crippen molar-refractivity contribution < 1.29 is 13.9 Å². The van der Waals surface area contributed by atoms with Gasteiger partial charge in [0.25, 0.3) is 0 Å². The molecule has 0 saturated heterocycles. The summed E-state index contributed by atoms with van der Waals surface area (Å²) in [5, 5.41) is 7.10. The molecule has 0 amide bonds. The van der Waals surface area contributed by atoms with E-state index in [1.165, 1.54) is 6.07 Å². The number of rotatable bonds is 8. The predicted molar refractivity (Wildman–Crippen MR) is 116 cm³/mol. The standard InChI is InChI=1S/C19H19BrClFN4O2S/c1-3-27-17-8-12(9-23-26-11(2)24-25-19(26)29)7-14(20)18(17)28-10-13-15(21)5-4-6-16(13)22/h4-8,23H,3,9-10H2,1-2H3,(H,25,29). The van der Waals surface area contributed by atoms with Gasteiger partial charge in [-0.25, -0.2) is 9.07 Å². The van der Waals surface area contributed by atoms with Gasteiger partial charge in [-0.1, -0.05) is 17.7 Å². The van der Waals surface area contributed by atoms with Crippen molar-refractivity contribution in [2.24, 2.45) is 0 Å². The molecule has 2 N–H and O–H groups in total. The zero-order valence-electron chi connectivity index (χ0n) is 15.8. The second kappa shape index (κ2) is 9.60. The van der Waals surface area contributed by atoms with Crippen molar-refractivity contribution in [2.75, 3.05) is 12.0 Å². The van der Waals surface area contributed by atoms with Crippen LogP contribution in [-0.2, 0) is 13.2 Å². The first-order chi connectivity index (χ1) is 13.9. The van der Waals surface area contributed by atoms with Crippen molar-refractivity contribution in [3.05, 3.63) is 67.4 Å². The normalized spacial score (nSPS) is 10.8. The molecule has 0 saturated carbocycles. The monoisotopic (exact) mass is 500 g/mol. The Hall–Kier alpha value is -2.10. The molecule has 0 bridgehead atoms. The van der Waals surface area contributed by atoms with Gasteiger partial charge in [-0.15, -0.1) is 0 Å². The van der Waals surface area contributed by atoms with Crippen LogP contribution in [0.5, 0.6) is 11.5 Å². The molecule has 0 spiro atoms. The number of nitrogens with one attached hydrogen (secondary N) is 2. The summed E-state index contributed by atoms with van der Waals surface area (Å²) in [5.41, 5.74) is 4.42. The molecule has 3 rings (SSSR count). The third-order valence-corrected chi connectivity index (χ3v) is 5.29. The van der Waals surface area contributed by atoms with Gasteiger partial charge in [0.05, 0.1) is 22.6 Å². The van der Waals surface area contributed by atoms with Crippen LogP contribution in [0.3, 0.4) is 0 Å². The van der Waals surface area contributed by atoms with Crippen LogP contribution in [0, 0.1) is 17.5 Å². The van der Waals surface area contributed by atoms with Gasteiger partial charge in [0.15, 0.2) is 11.5 Å². The third kappa shape index (κ3) is 5.09. The molecular weight excluding hydrogens is 483 g/mol. The molecule has 1 heterocycles. The Labute approximate surface area is 186 Å². The Morgan fingerprint density at radius 2 is 2.14 bits per heavy atom. The SMILES string of the molecule is CCOc1cc(CNn2c(C)n[nH]c2=S)cc(Br)c1OCc1c(F)cccc1Cl. The molecule has 0 aliphatic rings. The summed E-state index contributed by atoms with van der Waals surface area (Å²) in [7, 11) is 0. The highest BCUT2D eigenvalue weighted by molar-refractivity contribution is 9.10. The predicted octanol–water partition coefficient (Wildman–Crippen LogP) is 5.53. The summed E-state index contributed by atoms with van der Waals surface area (Å²) in [6.45, 7) is 4.63. The number of aromatic nitrogens is 3. The van der Waals surface area contributed by atoms with E-state index in [-0.39, 0.29) is 6.61 Å². The Bertz CT molecular complexity index is 1050. The van der Waals surface area contributed by atoms with Gasteiger partial charge >= 0.3 is 0 Å². The van der Waals surface area contributed by atoms with Crippen LogP contribution in [0.1, 0.15) is 23.9 Å². The van der Waals surface area contributed by atoms with E-state index in [0.29, 0.717) is 44.5 Å². The molecule has 2 aromatic carbocycles. The van der Waals surface area contributed by atoms with Crippen LogP contribution in [0.4, 0.5) is 4.39 Å². The molecule has 0 fully saturated rings. The van der Waals surface area contributed by atoms with Gasteiger partial charge in [-0.3, -0.25) is 5.10 Å². The number of hydrogen-bond acceptors (Lipinski definition) is 5. The summed E-state index contributed by atoms with van der Waals surface area (Å²) in [4.78, 5) is 0. The van der Waals surface area contributed by atoms with Crippen LogP contribution in [0.25, 0.3) is 0 Å². The highest BCUT2D eigenvalue weighted by Crippen LogP contribution is 2.38. The fourth-order valence-electron chi connectivity index (χ4n) is 2.67. The van der Waals surface area contributed by atoms with E-state index in [2.05, 4.69) is 31.6 Å². The average molecular weight is 502 g/mol. The van der Waals surface area contributed by atoms with Gasteiger partial charge in [0.2, 0.25) is 4.77 Å². The van der Waals surface area contributed by atoms with Crippen molar-refractivity contribution in [1.82, 2.24) is 14.9 Å². The minimum Gasteiger partial charge on any atom is -0.490 e. The molecule has 0 aliphatic heterocycles. The number of benzene rings is 2. The third-order valence-electron chi connectivity index (χ3n) is 4.07. The first-order valence-corrected chi connectivity index (χ1v) is 10.4. The minimum atomic E-state index is -0.417. The molecule has 29 heavy (non-hydrogen) atoms. The minimum absolute atomic E-state index is 0.0227. The maximum absolute atomic E-state index is 14.0. The molecule has 3 aromatic rings. The van der Waals surface area contributed by atoms with E-state index in [1.807, 2.05) is 26.0 Å². The lowest BCUT2D eigenvalue weighted by molar-refractivity contribution is 0.264. The van der Waals surface area contributed by atoms with Gasteiger partial charge in [-0.05, 0) is 71.8 Å². The fraction of sp³-hybridized carbons (Fsp3) is 0.263. The van der Waals surface area contributed by atoms with Crippen molar-refractivity contribution in [3.8, 4) is 11.5 Å². The lowest BCUT2D eigenvalue weighted by Gasteiger charge is -2.17. The lowest BCUT2D eigenvalue weighted by Crippen LogP contribution is -2.16. The zero-order valence-corrected chi connectivity index (χ0v) is 18.9. The van der Waals surface area contributed by atoms with E-state index in [1.54, 1.807) is 16.8 Å². The number of halogens is 3. The fourth-order valence-corrected chi connectivity index (χ4v) is 3.74. The van der Waals surface area contributed by atoms with E-state index in [0.717, 1.165) is 11.4 Å². The molecule has 1 aromatic heterocycles. The smallest absolute Gasteiger partial charge is 0.214 e. The topological polar surface area (TPSA) is 64.1 Å². The molecule has 0 unspecified atom stereocenters. The Balaban J connectivity index is 1.81. The summed E-state index contributed by atoms with van der Waals surface area (Å²) >= 11 is 14.8. The number of hydrogen-bond donors (Lipinski definition) is 2. The van der Waals surface area contributed by atoms with Crippen LogP contribution < -0.4 is 14.9 Å². The van der Waals surface area contributed by atoms with Gasteiger partial charge in [0, 0.05) is 5.56 Å². The van der Waals surface area contributed by atoms with Gasteiger partial charge in [-0.2, -0.15) is 5.10 Å². The van der Waals surface area contributed by atoms with Crippen molar-refractivity contribution in [1.29, 1.82) is 0 Å². The maximum atomic E-state index is 14.0. The number of aromatic amines is 1. The summed E-state index contributed by atoms with van der Waals surface area (Å²) < 4.78 is 28.5. The van der Waals surface area contributed by atoms with E-state index in [4.69, 9.17) is 33.3 Å². The van der Waals surface area contributed by atoms with Crippen LogP contribution in [0.15, 0.2) is 34.8 Å². The molecule has 6 nitrogen and oxygen atoms in total. The van der Waals surface area contributed by atoms with Gasteiger partial charge in [0.1, 0.15) is 18.2 Å². The summed E-state index contributed by atoms with van der Waals surface area (Å²) in [6.07, 6.45) is 0. The lowest BCUT2D eigenvalue weighted by atomic mass is 10.2. The first-order valence-electron chi connectivity index (χ1n) is 8.79. The molecule has 0 atom stereocenters. The number of H-pyrrole nitrogens is 1. The van der Waals surface area contributed by atoms with E-state index < -0.39 is 5.82 Å². The molecule has 0 aliphatic carbocycles. The first kappa shape index (κ1) is 21.6. The quantitative estimate of drug-likeness (QED) is 0.398. The number of ether oxygens (including phenoxy) is 2. The Morgan fingerprint density at radius 1 is 1.34 bits per heavy atom. The highest BCUT2D eigenvalue weighted by atomic mass is 79.9. The van der Waals surface area contributed by atoms with Crippen LogP contribution >= 0.6 is 39.7 Å². The highest BCUT2D eigenvalue weighted by Gasteiger charge is 2.15. The molecule has 10 heteroatoms. The van der Waals surface area contributed by atoms with E-state index >= 15 is 0 Å². The summed E-state index contributed by atoms with van der Waals surface area (Å²) in [6, 6.07) is 8.28. The number of aryl methyl sites for hydroxylation is 1. The average Bonchev–Trinajstić information content (AvgIpc) is 2.99. The molecule has 154 valence electrons. The van der Waals surface area contributed by atoms with E-state index in [9.17, 15) is 4.39 Å². The molecule has 0 radical (unpaired) electrons. The number of nitrogens with zero attached hydrogens (tertiary/aromatic N) is 2. The van der Waals surface area contributed by atoms with Crippen LogP contribution in [0.2, 0.25) is 5.02 Å². The largest absolute Gasteiger partial charge is 0.490 e. The molecular formula is C19H19BrClFN4O2S. The van der Waals surface area contributed by atoms with Crippen molar-refractivity contribution in [2.45, 2.75) is 27.0 Å². The zero-order chi connectivity index (χ0) is 21.0. The Morgan fingerprint density at radius 3 is 2.79 bits per heavy atom. The Kier molecular flexibility index (Phi) is 7.15. The van der Waals surface area contributed by atoms with Crippen molar-refractivity contribution in [3.63, 3.8) is 0 Å². The summed E-state index contributed by atoms with van der Waals surface area (Å²) in [5.74, 6) is 1.32. The van der Waals surface area contributed by atoms with Crippen molar-refractivity contribution >= 4 is 39.7 Å². The second-order valence-electron chi connectivity index (χ2n) is 6.07. The van der Waals surface area contributed by atoms with Gasteiger partial charge < -0.3 is 14.9 Å². The second-order valence-corrected chi connectivity index (χ2v) is 7.72.